The first kappa shape index (κ1) is 16.7. The second kappa shape index (κ2) is 7.14. The van der Waals surface area contributed by atoms with Gasteiger partial charge in [0, 0.05) is 10.7 Å². The molecule has 0 fully saturated rings. The molecule has 126 valence electrons. The molecule has 4 nitrogen and oxygen atoms in total. The highest BCUT2D eigenvalue weighted by molar-refractivity contribution is 6.31. The summed E-state index contributed by atoms with van der Waals surface area (Å²) >= 11 is 5.99. The van der Waals surface area contributed by atoms with Gasteiger partial charge in [-0.05, 0) is 73.2 Å². The first-order valence-electron chi connectivity index (χ1n) is 8.09. The minimum absolute atomic E-state index is 0.0120. The first-order valence-corrected chi connectivity index (χ1v) is 8.47. The number of aryl methyl sites for hydroxylation is 2. The lowest BCUT2D eigenvalue weighted by molar-refractivity contribution is -0.123. The van der Waals surface area contributed by atoms with Crippen LogP contribution in [0.2, 0.25) is 5.02 Å². The molecule has 1 atom stereocenters. The summed E-state index contributed by atoms with van der Waals surface area (Å²) in [4.78, 5) is 12.2. The molecule has 0 radical (unpaired) electrons. The summed E-state index contributed by atoms with van der Waals surface area (Å²) in [5.41, 5.74) is 9.92. The SMILES string of the molecule is Cc1cc(OCC(=O)NC2CCCc3cc(N)ccc32)ccc1Cl. The van der Waals surface area contributed by atoms with Gasteiger partial charge in [-0.2, -0.15) is 0 Å². The van der Waals surface area contributed by atoms with Crippen LogP contribution in [0.15, 0.2) is 36.4 Å². The fourth-order valence-corrected chi connectivity index (χ4v) is 3.19. The molecule has 1 unspecified atom stereocenters. The minimum atomic E-state index is -0.128. The maximum Gasteiger partial charge on any atom is 0.258 e. The van der Waals surface area contributed by atoms with Crippen LogP contribution in [-0.4, -0.2) is 12.5 Å². The summed E-state index contributed by atoms with van der Waals surface area (Å²) < 4.78 is 5.56. The molecule has 2 aromatic carbocycles. The maximum absolute atomic E-state index is 12.2. The molecule has 1 aliphatic carbocycles. The Balaban J connectivity index is 1.60. The van der Waals surface area contributed by atoms with Gasteiger partial charge in [0.25, 0.3) is 5.91 Å². The molecule has 0 aliphatic heterocycles. The third-order valence-electron chi connectivity index (χ3n) is 4.32. The minimum Gasteiger partial charge on any atom is -0.484 e. The molecule has 0 heterocycles. The van der Waals surface area contributed by atoms with E-state index in [4.69, 9.17) is 22.1 Å². The van der Waals surface area contributed by atoms with Gasteiger partial charge >= 0.3 is 0 Å². The van der Waals surface area contributed by atoms with Crippen molar-refractivity contribution in [2.75, 3.05) is 12.3 Å². The van der Waals surface area contributed by atoms with E-state index in [0.717, 1.165) is 36.1 Å². The number of nitrogens with two attached hydrogens (primary N) is 1. The Morgan fingerprint density at radius 3 is 2.96 bits per heavy atom. The molecule has 0 spiro atoms. The van der Waals surface area contributed by atoms with Crippen molar-refractivity contribution in [3.63, 3.8) is 0 Å². The fraction of sp³-hybridized carbons (Fsp3) is 0.316. The van der Waals surface area contributed by atoms with Crippen LogP contribution in [0.5, 0.6) is 5.75 Å². The highest BCUT2D eigenvalue weighted by atomic mass is 35.5. The lowest BCUT2D eigenvalue weighted by atomic mass is 9.87. The van der Waals surface area contributed by atoms with Crippen LogP contribution in [0.4, 0.5) is 5.69 Å². The molecule has 1 aliphatic rings. The Morgan fingerprint density at radius 2 is 2.17 bits per heavy atom. The number of ether oxygens (including phenoxy) is 1. The summed E-state index contributed by atoms with van der Waals surface area (Å²) in [6.07, 6.45) is 2.98. The molecule has 2 aromatic rings. The van der Waals surface area contributed by atoms with E-state index < -0.39 is 0 Å². The number of carbonyl (C=O) groups is 1. The van der Waals surface area contributed by atoms with Crippen LogP contribution in [0.3, 0.4) is 0 Å². The van der Waals surface area contributed by atoms with Crippen LogP contribution >= 0.6 is 11.6 Å². The topological polar surface area (TPSA) is 64.3 Å². The van der Waals surface area contributed by atoms with Crippen molar-refractivity contribution in [2.45, 2.75) is 32.2 Å². The predicted molar refractivity (Wildman–Crippen MR) is 96.4 cm³/mol. The maximum atomic E-state index is 12.2. The van der Waals surface area contributed by atoms with Gasteiger partial charge in [-0.15, -0.1) is 0 Å². The van der Waals surface area contributed by atoms with E-state index >= 15 is 0 Å². The van der Waals surface area contributed by atoms with Crippen LogP contribution in [0.1, 0.15) is 35.6 Å². The number of anilines is 1. The van der Waals surface area contributed by atoms with Crippen molar-refractivity contribution in [1.82, 2.24) is 5.32 Å². The van der Waals surface area contributed by atoms with Crippen molar-refractivity contribution < 1.29 is 9.53 Å². The third kappa shape index (κ3) is 3.82. The summed E-state index contributed by atoms with van der Waals surface area (Å²) in [6.45, 7) is 1.89. The summed E-state index contributed by atoms with van der Waals surface area (Å²) in [5, 5.41) is 3.75. The second-order valence-electron chi connectivity index (χ2n) is 6.17. The molecule has 0 aromatic heterocycles. The molecule has 0 bridgehead atoms. The molecule has 24 heavy (non-hydrogen) atoms. The highest BCUT2D eigenvalue weighted by Gasteiger charge is 2.22. The van der Waals surface area contributed by atoms with Gasteiger partial charge in [0.05, 0.1) is 6.04 Å². The third-order valence-corrected chi connectivity index (χ3v) is 4.74. The Labute approximate surface area is 147 Å². The Kier molecular flexibility index (Phi) is 4.95. The van der Waals surface area contributed by atoms with Gasteiger partial charge in [-0.3, -0.25) is 4.79 Å². The fourth-order valence-electron chi connectivity index (χ4n) is 3.08. The van der Waals surface area contributed by atoms with Crippen molar-refractivity contribution >= 4 is 23.2 Å². The Bertz CT molecular complexity index is 761. The molecule has 1 amide bonds. The smallest absolute Gasteiger partial charge is 0.258 e. The quantitative estimate of drug-likeness (QED) is 0.829. The molecule has 3 rings (SSSR count). The number of nitrogen functional groups attached to an aromatic ring is 1. The molecular formula is C19H21ClN2O2. The lowest BCUT2D eigenvalue weighted by Crippen LogP contribution is -2.34. The molecule has 0 saturated carbocycles. The monoisotopic (exact) mass is 344 g/mol. The van der Waals surface area contributed by atoms with Gasteiger partial charge in [0.15, 0.2) is 6.61 Å². The zero-order valence-electron chi connectivity index (χ0n) is 13.6. The largest absolute Gasteiger partial charge is 0.484 e. The van der Waals surface area contributed by atoms with E-state index in [1.165, 1.54) is 5.56 Å². The van der Waals surface area contributed by atoms with Crippen molar-refractivity contribution in [3.05, 3.63) is 58.1 Å². The van der Waals surface area contributed by atoms with Crippen molar-refractivity contribution in [1.29, 1.82) is 0 Å². The first-order chi connectivity index (χ1) is 11.5. The summed E-state index contributed by atoms with van der Waals surface area (Å²) in [5.74, 6) is 0.515. The van der Waals surface area contributed by atoms with E-state index in [-0.39, 0.29) is 18.6 Å². The van der Waals surface area contributed by atoms with Gasteiger partial charge in [-0.1, -0.05) is 17.7 Å². The summed E-state index contributed by atoms with van der Waals surface area (Å²) in [6, 6.07) is 11.3. The molecule has 3 N–H and O–H groups in total. The number of hydrogen-bond acceptors (Lipinski definition) is 3. The number of rotatable bonds is 4. The Morgan fingerprint density at radius 1 is 1.33 bits per heavy atom. The normalized spacial score (nSPS) is 16.3. The van der Waals surface area contributed by atoms with E-state index in [1.54, 1.807) is 12.1 Å². The zero-order valence-corrected chi connectivity index (χ0v) is 14.4. The Hall–Kier alpha value is -2.20. The zero-order chi connectivity index (χ0) is 17.1. The number of benzene rings is 2. The van der Waals surface area contributed by atoms with E-state index in [1.807, 2.05) is 31.2 Å². The van der Waals surface area contributed by atoms with Gasteiger partial charge in [0.2, 0.25) is 0 Å². The number of carbonyl (C=O) groups excluding carboxylic acids is 1. The van der Waals surface area contributed by atoms with E-state index in [9.17, 15) is 4.79 Å². The lowest BCUT2D eigenvalue weighted by Gasteiger charge is -2.26. The average molecular weight is 345 g/mol. The predicted octanol–water partition coefficient (Wildman–Crippen LogP) is 3.80. The molecule has 5 heteroatoms. The number of amides is 1. The second-order valence-corrected chi connectivity index (χ2v) is 6.58. The highest BCUT2D eigenvalue weighted by Crippen LogP contribution is 2.31. The molecular weight excluding hydrogens is 324 g/mol. The standard InChI is InChI=1S/C19H21ClN2O2/c1-12-9-15(6-8-17(12)20)24-11-19(23)22-18-4-2-3-13-10-14(21)5-7-16(13)18/h5-10,18H,2-4,11,21H2,1H3,(H,22,23). The summed E-state index contributed by atoms with van der Waals surface area (Å²) in [7, 11) is 0. The van der Waals surface area contributed by atoms with Gasteiger partial charge < -0.3 is 15.8 Å². The number of hydrogen-bond donors (Lipinski definition) is 2. The number of fused-ring (bicyclic) bond motifs is 1. The number of nitrogens with one attached hydrogen (secondary N) is 1. The van der Waals surface area contributed by atoms with Crippen molar-refractivity contribution in [2.24, 2.45) is 0 Å². The van der Waals surface area contributed by atoms with Crippen molar-refractivity contribution in [3.8, 4) is 5.75 Å². The van der Waals surface area contributed by atoms with E-state index in [2.05, 4.69) is 5.32 Å². The van der Waals surface area contributed by atoms with E-state index in [0.29, 0.717) is 10.8 Å². The van der Waals surface area contributed by atoms with Gasteiger partial charge in [0.1, 0.15) is 5.75 Å². The van der Waals surface area contributed by atoms with Gasteiger partial charge in [-0.25, -0.2) is 0 Å². The van der Waals surface area contributed by atoms with Crippen LogP contribution in [-0.2, 0) is 11.2 Å². The van der Waals surface area contributed by atoms with Crippen LogP contribution in [0.25, 0.3) is 0 Å². The molecule has 0 saturated heterocycles. The average Bonchev–Trinajstić information content (AvgIpc) is 2.56. The van der Waals surface area contributed by atoms with Crippen LogP contribution in [0, 0.1) is 6.92 Å². The number of halogens is 1. The van der Waals surface area contributed by atoms with Crippen LogP contribution < -0.4 is 15.8 Å².